The number of ether oxygens (including phenoxy) is 3. The number of benzene rings is 3. The Hall–Kier alpha value is -2.96. The molecule has 0 radical (unpaired) electrons. The summed E-state index contributed by atoms with van der Waals surface area (Å²) >= 11 is 0. The smallest absolute Gasteiger partial charge is 0.115 e. The molecular weight excluding hydrogens is 426 g/mol. The van der Waals surface area contributed by atoms with E-state index in [4.69, 9.17) is 14.2 Å². The number of aryl methyl sites for hydroxylation is 1. The summed E-state index contributed by atoms with van der Waals surface area (Å²) in [4.78, 5) is 0. The van der Waals surface area contributed by atoms with E-state index >= 15 is 0 Å². The van der Waals surface area contributed by atoms with Crippen LogP contribution >= 0.6 is 0 Å². The maximum Gasteiger partial charge on any atom is 0.115 e. The standard InChI is InChI=1S/C29H31NO4/c1-30-24(16-23-14-8-9-15-25(23)30)17-26-28(32-19-21-10-4-2-5-11-21)29(27(18-31)34-26)33-20-22-12-6-3-7-13-22/h2-16,26-29,31H,17-20H2,1H3/t26-,27+,28+,29+/m0/s1. The van der Waals surface area contributed by atoms with Crippen molar-refractivity contribution in [2.75, 3.05) is 6.61 Å². The summed E-state index contributed by atoms with van der Waals surface area (Å²) in [5.74, 6) is 0. The second kappa shape index (κ2) is 10.5. The number of aromatic nitrogens is 1. The average Bonchev–Trinajstić information content (AvgIpc) is 3.39. The van der Waals surface area contributed by atoms with Crippen molar-refractivity contribution in [3.63, 3.8) is 0 Å². The Morgan fingerprint density at radius 2 is 1.32 bits per heavy atom. The normalized spacial score (nSPS) is 22.4. The molecule has 2 heterocycles. The van der Waals surface area contributed by atoms with Gasteiger partial charge in [-0.25, -0.2) is 0 Å². The molecule has 176 valence electrons. The molecule has 1 fully saturated rings. The molecule has 5 nitrogen and oxygen atoms in total. The Balaban J connectivity index is 1.38. The molecule has 4 atom stereocenters. The lowest BCUT2D eigenvalue weighted by Gasteiger charge is -2.25. The minimum atomic E-state index is -0.441. The van der Waals surface area contributed by atoms with Crippen LogP contribution in [0.1, 0.15) is 16.8 Å². The van der Waals surface area contributed by atoms with Crippen LogP contribution in [0, 0.1) is 0 Å². The van der Waals surface area contributed by atoms with Crippen molar-refractivity contribution >= 4 is 10.9 Å². The van der Waals surface area contributed by atoms with Gasteiger partial charge >= 0.3 is 0 Å². The summed E-state index contributed by atoms with van der Waals surface area (Å²) < 4.78 is 21.3. The Morgan fingerprint density at radius 1 is 0.765 bits per heavy atom. The molecule has 5 rings (SSSR count). The van der Waals surface area contributed by atoms with E-state index in [0.717, 1.165) is 11.1 Å². The zero-order valence-corrected chi connectivity index (χ0v) is 19.4. The van der Waals surface area contributed by atoms with Crippen molar-refractivity contribution in [2.45, 2.75) is 44.1 Å². The summed E-state index contributed by atoms with van der Waals surface area (Å²) in [5, 5.41) is 11.3. The number of hydrogen-bond donors (Lipinski definition) is 1. The number of para-hydroxylation sites is 1. The van der Waals surface area contributed by atoms with Crippen LogP contribution in [0.4, 0.5) is 0 Å². The summed E-state index contributed by atoms with van der Waals surface area (Å²) in [6.45, 7) is 0.789. The third-order valence-corrected chi connectivity index (χ3v) is 6.62. The van der Waals surface area contributed by atoms with E-state index in [9.17, 15) is 5.11 Å². The Bertz CT molecular complexity index is 1190. The molecule has 3 aromatic carbocycles. The van der Waals surface area contributed by atoms with E-state index in [-0.39, 0.29) is 24.9 Å². The first-order valence-corrected chi connectivity index (χ1v) is 11.8. The predicted octanol–water partition coefficient (Wildman–Crippen LogP) is 4.65. The van der Waals surface area contributed by atoms with E-state index in [1.165, 1.54) is 16.6 Å². The number of fused-ring (bicyclic) bond motifs is 1. The van der Waals surface area contributed by atoms with Crippen molar-refractivity contribution in [2.24, 2.45) is 7.05 Å². The van der Waals surface area contributed by atoms with E-state index in [1.54, 1.807) is 0 Å². The third kappa shape index (κ3) is 4.93. The number of nitrogens with zero attached hydrogens (tertiary/aromatic N) is 1. The summed E-state index contributed by atoms with van der Waals surface area (Å²) in [5.41, 5.74) is 4.53. The lowest BCUT2D eigenvalue weighted by Crippen LogP contribution is -2.39. The van der Waals surface area contributed by atoms with Crippen molar-refractivity contribution in [1.82, 2.24) is 4.57 Å². The summed E-state index contributed by atoms with van der Waals surface area (Å²) in [6, 6.07) is 30.8. The fourth-order valence-corrected chi connectivity index (χ4v) is 4.80. The van der Waals surface area contributed by atoms with Gasteiger partial charge in [-0.15, -0.1) is 0 Å². The van der Waals surface area contributed by atoms with E-state index in [1.807, 2.05) is 48.5 Å². The number of aliphatic hydroxyl groups excluding tert-OH is 1. The molecule has 1 N–H and O–H groups in total. The second-order valence-electron chi connectivity index (χ2n) is 8.88. The van der Waals surface area contributed by atoms with E-state index in [2.05, 4.69) is 54.1 Å². The number of hydrogen-bond acceptors (Lipinski definition) is 4. The van der Waals surface area contributed by atoms with Gasteiger partial charge in [-0.1, -0.05) is 78.9 Å². The second-order valence-corrected chi connectivity index (χ2v) is 8.88. The highest BCUT2D eigenvalue weighted by atomic mass is 16.6. The van der Waals surface area contributed by atoms with Gasteiger partial charge in [0.25, 0.3) is 0 Å². The van der Waals surface area contributed by atoms with Crippen LogP contribution in [0.5, 0.6) is 0 Å². The molecule has 1 aliphatic rings. The minimum Gasteiger partial charge on any atom is -0.394 e. The van der Waals surface area contributed by atoms with Gasteiger partial charge in [-0.05, 0) is 28.6 Å². The van der Waals surface area contributed by atoms with Crippen LogP contribution in [0.2, 0.25) is 0 Å². The van der Waals surface area contributed by atoms with Gasteiger partial charge < -0.3 is 23.9 Å². The lowest BCUT2D eigenvalue weighted by atomic mass is 10.0. The van der Waals surface area contributed by atoms with Crippen LogP contribution in [-0.4, -0.2) is 40.7 Å². The first-order chi connectivity index (χ1) is 16.7. The van der Waals surface area contributed by atoms with Crippen molar-refractivity contribution < 1.29 is 19.3 Å². The molecule has 34 heavy (non-hydrogen) atoms. The summed E-state index contributed by atoms with van der Waals surface area (Å²) in [6.07, 6.45) is -0.673. The number of rotatable bonds is 9. The maximum atomic E-state index is 10.1. The van der Waals surface area contributed by atoms with E-state index in [0.29, 0.717) is 19.6 Å². The van der Waals surface area contributed by atoms with Crippen LogP contribution in [-0.2, 0) is 40.9 Å². The molecule has 0 bridgehead atoms. The maximum absolute atomic E-state index is 10.1. The fraction of sp³-hybridized carbons (Fsp3) is 0.310. The topological polar surface area (TPSA) is 52.9 Å². The average molecular weight is 458 g/mol. The minimum absolute atomic E-state index is 0.115. The largest absolute Gasteiger partial charge is 0.394 e. The van der Waals surface area contributed by atoms with Gasteiger partial charge in [0.1, 0.15) is 18.3 Å². The molecular formula is C29H31NO4. The summed E-state index contributed by atoms with van der Waals surface area (Å²) in [7, 11) is 2.08. The Labute approximate surface area is 200 Å². The molecule has 0 saturated carbocycles. The highest BCUT2D eigenvalue weighted by molar-refractivity contribution is 5.81. The SMILES string of the molecule is Cn1c(C[C@@H]2O[C@H](CO)[C@@H](OCc3ccccc3)[C@@H]2OCc2ccccc2)cc2ccccc21. The molecule has 0 amide bonds. The molecule has 1 aliphatic heterocycles. The molecule has 5 heteroatoms. The molecule has 1 aromatic heterocycles. The molecule has 0 aliphatic carbocycles. The third-order valence-electron chi connectivity index (χ3n) is 6.62. The quantitative estimate of drug-likeness (QED) is 0.398. The van der Waals surface area contributed by atoms with Crippen molar-refractivity contribution in [1.29, 1.82) is 0 Å². The lowest BCUT2D eigenvalue weighted by molar-refractivity contribution is -0.0833. The van der Waals surface area contributed by atoms with Crippen LogP contribution < -0.4 is 0 Å². The first kappa shape index (κ1) is 22.8. The molecule has 0 spiro atoms. The molecule has 4 aromatic rings. The van der Waals surface area contributed by atoms with Crippen LogP contribution in [0.15, 0.2) is 91.0 Å². The van der Waals surface area contributed by atoms with Gasteiger partial charge in [-0.2, -0.15) is 0 Å². The Kier molecular flexibility index (Phi) is 7.07. The first-order valence-electron chi connectivity index (χ1n) is 11.8. The number of aliphatic hydroxyl groups is 1. The van der Waals surface area contributed by atoms with Gasteiger partial charge in [0.15, 0.2) is 0 Å². The predicted molar refractivity (Wildman–Crippen MR) is 132 cm³/mol. The zero-order valence-electron chi connectivity index (χ0n) is 19.4. The van der Waals surface area contributed by atoms with Crippen LogP contribution in [0.25, 0.3) is 10.9 Å². The molecule has 1 saturated heterocycles. The Morgan fingerprint density at radius 3 is 1.91 bits per heavy atom. The van der Waals surface area contributed by atoms with Gasteiger partial charge in [0.05, 0.1) is 25.9 Å². The molecule has 0 unspecified atom stereocenters. The van der Waals surface area contributed by atoms with E-state index < -0.39 is 6.10 Å². The van der Waals surface area contributed by atoms with Gasteiger partial charge in [0, 0.05) is 24.7 Å². The zero-order chi connectivity index (χ0) is 23.3. The van der Waals surface area contributed by atoms with Gasteiger partial charge in [-0.3, -0.25) is 0 Å². The van der Waals surface area contributed by atoms with Crippen molar-refractivity contribution in [3.8, 4) is 0 Å². The van der Waals surface area contributed by atoms with Crippen molar-refractivity contribution in [3.05, 3.63) is 108 Å². The highest BCUT2D eigenvalue weighted by Gasteiger charge is 2.46. The fourth-order valence-electron chi connectivity index (χ4n) is 4.80. The van der Waals surface area contributed by atoms with Gasteiger partial charge in [0.2, 0.25) is 0 Å². The highest BCUT2D eigenvalue weighted by Crippen LogP contribution is 2.31. The van der Waals surface area contributed by atoms with Crippen LogP contribution in [0.3, 0.4) is 0 Å². The monoisotopic (exact) mass is 457 g/mol.